The summed E-state index contributed by atoms with van der Waals surface area (Å²) in [5.41, 5.74) is -1.31. The molecule has 1 aromatic heterocycles. The molecule has 0 fully saturated rings. The van der Waals surface area contributed by atoms with Crippen LogP contribution in [0.2, 0.25) is 0 Å². The zero-order valence-corrected chi connectivity index (χ0v) is 16.8. The predicted molar refractivity (Wildman–Crippen MR) is 106 cm³/mol. The second-order valence-electron chi connectivity index (χ2n) is 8.79. The number of Topliss-reactive ketones (excluding diaryl/α,β-unsaturated/α-hetero) is 1. The van der Waals surface area contributed by atoms with E-state index in [0.717, 1.165) is 0 Å². The Labute approximate surface area is 172 Å². The van der Waals surface area contributed by atoms with Crippen LogP contribution in [-0.2, 0) is 16.4 Å². The van der Waals surface area contributed by atoms with Gasteiger partial charge in [-0.2, -0.15) is 18.4 Å². The van der Waals surface area contributed by atoms with Crippen molar-refractivity contribution in [3.63, 3.8) is 0 Å². The Balaban J connectivity index is 2.11. The number of fused-ring (bicyclic) bond motifs is 1. The van der Waals surface area contributed by atoms with Gasteiger partial charge in [-0.25, -0.2) is 4.98 Å². The first-order chi connectivity index (χ1) is 14.0. The highest BCUT2D eigenvalue weighted by atomic mass is 19.4. The Kier molecular flexibility index (Phi) is 4.32. The largest absolute Gasteiger partial charge is 0.419 e. The van der Waals surface area contributed by atoms with E-state index in [0.29, 0.717) is 29.5 Å². The number of carbonyl (C=O) groups excluding carboxylic acids is 1. The highest BCUT2D eigenvalue weighted by Crippen LogP contribution is 2.53. The van der Waals surface area contributed by atoms with Gasteiger partial charge in [-0.05, 0) is 24.3 Å². The molecule has 1 atom stereocenters. The topological polar surface area (TPSA) is 65.8 Å². The number of rotatable bonds is 1. The summed E-state index contributed by atoms with van der Waals surface area (Å²) in [6.45, 7) is 5.68. The summed E-state index contributed by atoms with van der Waals surface area (Å²) in [5, 5.41) is 12.8. The van der Waals surface area contributed by atoms with Crippen molar-refractivity contribution < 1.29 is 18.0 Å². The van der Waals surface area contributed by atoms with E-state index in [1.165, 1.54) is 0 Å². The molecule has 7 heteroatoms. The molecular formula is C23H20F3N3O. The van der Waals surface area contributed by atoms with Crippen LogP contribution in [0.5, 0.6) is 0 Å². The van der Waals surface area contributed by atoms with Gasteiger partial charge in [0.05, 0.1) is 16.5 Å². The summed E-state index contributed by atoms with van der Waals surface area (Å²) in [6.07, 6.45) is -3.21. The minimum atomic E-state index is -4.74. The van der Waals surface area contributed by atoms with Gasteiger partial charge in [0.15, 0.2) is 5.78 Å². The number of nitrogens with one attached hydrogen (secondary N) is 1. The first kappa shape index (κ1) is 20.1. The monoisotopic (exact) mass is 411 g/mol. The van der Waals surface area contributed by atoms with E-state index < -0.39 is 22.7 Å². The van der Waals surface area contributed by atoms with Gasteiger partial charge < -0.3 is 5.32 Å². The highest BCUT2D eigenvalue weighted by molar-refractivity contribution is 6.03. The van der Waals surface area contributed by atoms with Gasteiger partial charge in [0, 0.05) is 29.5 Å². The van der Waals surface area contributed by atoms with Gasteiger partial charge in [0.1, 0.15) is 11.9 Å². The van der Waals surface area contributed by atoms with Crippen LogP contribution in [0.1, 0.15) is 55.9 Å². The molecule has 0 spiro atoms. The number of hydrogen-bond donors (Lipinski definition) is 1. The SMILES string of the molecule is CC1(C)CC(=O)C2=C(C1)Nc1ncc(C(F)(F)F)c(C#N)c1[C@]2(C)c1ccccc1. The maximum absolute atomic E-state index is 13.7. The van der Waals surface area contributed by atoms with Gasteiger partial charge in [0.25, 0.3) is 0 Å². The number of benzene rings is 1. The highest BCUT2D eigenvalue weighted by Gasteiger charge is 2.50. The number of alkyl halides is 3. The van der Waals surface area contributed by atoms with Gasteiger partial charge in [-0.15, -0.1) is 0 Å². The number of nitriles is 1. The Bertz CT molecular complexity index is 1130. The third-order valence-corrected chi connectivity index (χ3v) is 5.99. The van der Waals surface area contributed by atoms with Crippen molar-refractivity contribution in [2.75, 3.05) is 5.32 Å². The van der Waals surface area contributed by atoms with E-state index in [-0.39, 0.29) is 29.0 Å². The summed E-state index contributed by atoms with van der Waals surface area (Å²) in [4.78, 5) is 17.4. The predicted octanol–water partition coefficient (Wildman–Crippen LogP) is 5.35. The molecule has 4 nitrogen and oxygen atoms in total. The molecule has 0 unspecified atom stereocenters. The van der Waals surface area contributed by atoms with E-state index in [1.54, 1.807) is 43.3 Å². The van der Waals surface area contributed by atoms with Crippen molar-refractivity contribution in [2.24, 2.45) is 5.41 Å². The van der Waals surface area contributed by atoms with Crippen LogP contribution in [0.4, 0.5) is 19.0 Å². The van der Waals surface area contributed by atoms with Crippen LogP contribution >= 0.6 is 0 Å². The third-order valence-electron chi connectivity index (χ3n) is 5.99. The van der Waals surface area contributed by atoms with Crippen molar-refractivity contribution in [3.8, 4) is 6.07 Å². The molecule has 0 saturated carbocycles. The van der Waals surface area contributed by atoms with Crippen LogP contribution in [0.15, 0.2) is 47.8 Å². The van der Waals surface area contributed by atoms with E-state index in [9.17, 15) is 23.2 Å². The average Bonchev–Trinajstić information content (AvgIpc) is 2.65. The molecular weight excluding hydrogens is 391 g/mol. The maximum atomic E-state index is 13.7. The Morgan fingerprint density at radius 2 is 1.80 bits per heavy atom. The number of aromatic nitrogens is 1. The second kappa shape index (κ2) is 6.43. The fourth-order valence-corrected chi connectivity index (χ4v) is 4.76. The maximum Gasteiger partial charge on any atom is 0.419 e. The molecule has 2 heterocycles. The summed E-state index contributed by atoms with van der Waals surface area (Å²) in [7, 11) is 0. The Morgan fingerprint density at radius 3 is 2.40 bits per heavy atom. The molecule has 1 aromatic carbocycles. The second-order valence-corrected chi connectivity index (χ2v) is 8.79. The molecule has 2 aliphatic rings. The van der Waals surface area contributed by atoms with Crippen LogP contribution in [0.3, 0.4) is 0 Å². The summed E-state index contributed by atoms with van der Waals surface area (Å²) < 4.78 is 41.0. The van der Waals surface area contributed by atoms with Gasteiger partial charge in [0.2, 0.25) is 0 Å². The molecule has 30 heavy (non-hydrogen) atoms. The lowest BCUT2D eigenvalue weighted by atomic mass is 9.61. The minimum Gasteiger partial charge on any atom is -0.343 e. The summed E-state index contributed by atoms with van der Waals surface area (Å²) in [6, 6.07) is 10.6. The van der Waals surface area contributed by atoms with Gasteiger partial charge >= 0.3 is 6.18 Å². The standard InChI is InChI=1S/C23H20F3N3O/c1-21(2)9-16-19(17(30)10-21)22(3,13-7-5-4-6-8-13)18-14(11-27)15(23(24,25)26)12-28-20(18)29-16/h4-8,12H,9-10H2,1-3H3,(H,28,29)/t22-/m0/s1. The van der Waals surface area contributed by atoms with Gasteiger partial charge in [-0.1, -0.05) is 44.2 Å². The average molecular weight is 411 g/mol. The minimum absolute atomic E-state index is 0.0952. The molecule has 2 aromatic rings. The van der Waals surface area contributed by atoms with E-state index in [4.69, 9.17) is 0 Å². The first-order valence-electron chi connectivity index (χ1n) is 9.59. The van der Waals surface area contributed by atoms with Crippen molar-refractivity contribution in [2.45, 2.75) is 45.2 Å². The number of nitrogens with zero attached hydrogens (tertiary/aromatic N) is 2. The fourth-order valence-electron chi connectivity index (χ4n) is 4.76. The van der Waals surface area contributed by atoms with E-state index >= 15 is 0 Å². The number of anilines is 1. The lowest BCUT2D eigenvalue weighted by Crippen LogP contribution is -2.43. The molecule has 4 rings (SSSR count). The number of halogens is 3. The lowest BCUT2D eigenvalue weighted by Gasteiger charge is -2.45. The molecule has 1 aliphatic carbocycles. The molecule has 1 aliphatic heterocycles. The molecule has 0 amide bonds. The zero-order chi connectivity index (χ0) is 21.9. The summed E-state index contributed by atoms with van der Waals surface area (Å²) >= 11 is 0. The van der Waals surface area contributed by atoms with Crippen molar-refractivity contribution >= 4 is 11.6 Å². The number of ketones is 1. The molecule has 154 valence electrons. The molecule has 0 saturated heterocycles. The number of carbonyl (C=O) groups is 1. The van der Waals surface area contributed by atoms with Crippen molar-refractivity contribution in [1.82, 2.24) is 4.98 Å². The normalized spacial score (nSPS) is 22.6. The number of allylic oxidation sites excluding steroid dienone is 2. The van der Waals surface area contributed by atoms with Crippen molar-refractivity contribution in [1.29, 1.82) is 5.26 Å². The Morgan fingerprint density at radius 1 is 1.13 bits per heavy atom. The van der Waals surface area contributed by atoms with E-state index in [1.807, 2.05) is 13.8 Å². The van der Waals surface area contributed by atoms with Crippen LogP contribution in [0.25, 0.3) is 0 Å². The smallest absolute Gasteiger partial charge is 0.343 e. The quantitative estimate of drug-likeness (QED) is 0.687. The Hall–Kier alpha value is -3.14. The molecule has 0 radical (unpaired) electrons. The lowest BCUT2D eigenvalue weighted by molar-refractivity contribution is -0.138. The van der Waals surface area contributed by atoms with Crippen LogP contribution in [0, 0.1) is 16.7 Å². The van der Waals surface area contributed by atoms with Crippen molar-refractivity contribution in [3.05, 3.63) is 70.1 Å². The molecule has 1 N–H and O–H groups in total. The zero-order valence-electron chi connectivity index (χ0n) is 16.8. The first-order valence-corrected chi connectivity index (χ1v) is 9.59. The number of hydrogen-bond acceptors (Lipinski definition) is 4. The van der Waals surface area contributed by atoms with Gasteiger partial charge in [-0.3, -0.25) is 4.79 Å². The number of pyridine rings is 1. The molecule has 0 bridgehead atoms. The van der Waals surface area contributed by atoms with E-state index in [2.05, 4.69) is 10.3 Å². The summed E-state index contributed by atoms with van der Waals surface area (Å²) in [5.74, 6) is 0.0576. The third kappa shape index (κ3) is 2.90. The van der Waals surface area contributed by atoms with Crippen LogP contribution < -0.4 is 5.32 Å². The fraction of sp³-hybridized carbons (Fsp3) is 0.348. The van der Waals surface area contributed by atoms with Crippen LogP contribution in [-0.4, -0.2) is 10.8 Å².